The van der Waals surface area contributed by atoms with E-state index in [1.807, 2.05) is 18.2 Å². The van der Waals surface area contributed by atoms with E-state index in [0.717, 1.165) is 125 Å². The number of furan rings is 2. The standard InChI is InChI=1S/C80H60N6O2/c1-78(2,3)45-34-38-65-55(40-45)52-36-37-53-51-26-14-20-32-67(51)87-76(53)74(52)85(65)72-58(43-81)71(84-63-30-18-12-24-49(63)50-25-13-19-31-64(50)84)73(59(44-82)70(72)83-61-28-16-10-22-47(61)48-23-11-17-29-62(48)83)86-66-39-35-46(79(4,5)6)41-56(66)57-42-60(80(7,8)9)69-54-27-15-21-33-68(54)88-77(69)75(57)86/h10-42H,1-9H3. The molecule has 422 valence electrons. The fourth-order valence-corrected chi connectivity index (χ4v) is 14.8. The summed E-state index contributed by atoms with van der Waals surface area (Å²) in [7, 11) is 0. The van der Waals surface area contributed by atoms with Crippen molar-refractivity contribution in [2.24, 2.45) is 0 Å². The lowest BCUT2D eigenvalue weighted by Crippen LogP contribution is -2.17. The molecule has 6 aromatic heterocycles. The summed E-state index contributed by atoms with van der Waals surface area (Å²) in [5.41, 5.74) is 15.5. The van der Waals surface area contributed by atoms with E-state index in [1.165, 1.54) is 11.1 Å². The highest BCUT2D eigenvalue weighted by Crippen LogP contribution is 2.53. The number of rotatable bonds is 4. The molecule has 8 nitrogen and oxygen atoms in total. The zero-order valence-electron chi connectivity index (χ0n) is 50.6. The fourth-order valence-electron chi connectivity index (χ4n) is 14.8. The molecule has 0 fully saturated rings. The van der Waals surface area contributed by atoms with Crippen molar-refractivity contribution < 1.29 is 8.83 Å². The van der Waals surface area contributed by atoms with E-state index in [-0.39, 0.29) is 16.2 Å². The molecule has 0 amide bonds. The summed E-state index contributed by atoms with van der Waals surface area (Å²) >= 11 is 0. The number of nitriles is 2. The summed E-state index contributed by atoms with van der Waals surface area (Å²) in [4.78, 5) is 0. The topological polar surface area (TPSA) is 93.6 Å². The van der Waals surface area contributed by atoms with Crippen LogP contribution in [0.3, 0.4) is 0 Å². The third-order valence-electron chi connectivity index (χ3n) is 18.9. The maximum absolute atomic E-state index is 13.2. The van der Waals surface area contributed by atoms with Crippen LogP contribution < -0.4 is 0 Å². The summed E-state index contributed by atoms with van der Waals surface area (Å²) in [6, 6.07) is 76.8. The molecule has 0 aliphatic heterocycles. The van der Waals surface area contributed by atoms with Crippen molar-refractivity contribution in [3.8, 4) is 34.9 Å². The Hall–Kier alpha value is -10.8. The second-order valence-electron chi connectivity index (χ2n) is 27.1. The van der Waals surface area contributed by atoms with E-state index in [4.69, 9.17) is 8.83 Å². The van der Waals surface area contributed by atoms with Crippen LogP contribution in [0, 0.1) is 22.7 Å². The van der Waals surface area contributed by atoms with Gasteiger partial charge in [0.25, 0.3) is 0 Å². The van der Waals surface area contributed by atoms with Gasteiger partial charge in [-0.2, -0.15) is 10.5 Å². The number of benzene rings is 11. The number of hydrogen-bond acceptors (Lipinski definition) is 4. The smallest absolute Gasteiger partial charge is 0.160 e. The van der Waals surface area contributed by atoms with E-state index in [1.54, 1.807) is 0 Å². The van der Waals surface area contributed by atoms with Gasteiger partial charge in [-0.3, -0.25) is 0 Å². The van der Waals surface area contributed by atoms with Crippen LogP contribution in [-0.4, -0.2) is 18.3 Å². The van der Waals surface area contributed by atoms with Gasteiger partial charge in [-0.1, -0.05) is 190 Å². The Balaban J connectivity index is 1.21. The first kappa shape index (κ1) is 51.6. The monoisotopic (exact) mass is 1140 g/mol. The molecule has 17 rings (SSSR count). The van der Waals surface area contributed by atoms with Gasteiger partial charge in [0.2, 0.25) is 0 Å². The Morgan fingerprint density at radius 3 is 1.12 bits per heavy atom. The van der Waals surface area contributed by atoms with Gasteiger partial charge in [0.15, 0.2) is 11.2 Å². The van der Waals surface area contributed by atoms with Gasteiger partial charge < -0.3 is 27.1 Å². The number of aromatic nitrogens is 4. The lowest BCUT2D eigenvalue weighted by molar-refractivity contribution is 0.591. The van der Waals surface area contributed by atoms with Crippen molar-refractivity contribution in [3.63, 3.8) is 0 Å². The third-order valence-corrected chi connectivity index (χ3v) is 18.9. The first-order valence-corrected chi connectivity index (χ1v) is 30.4. The van der Waals surface area contributed by atoms with Gasteiger partial charge >= 0.3 is 0 Å². The minimum Gasteiger partial charge on any atom is -0.454 e. The number of hydrogen-bond donors (Lipinski definition) is 0. The predicted molar refractivity (Wildman–Crippen MR) is 364 cm³/mol. The van der Waals surface area contributed by atoms with Crippen LogP contribution in [0.2, 0.25) is 0 Å². The highest BCUT2D eigenvalue weighted by Gasteiger charge is 2.37. The van der Waals surface area contributed by atoms with E-state index in [9.17, 15) is 10.5 Å². The minimum atomic E-state index is -0.318. The van der Waals surface area contributed by atoms with Gasteiger partial charge in [0.1, 0.15) is 34.4 Å². The largest absolute Gasteiger partial charge is 0.454 e. The molecule has 0 radical (unpaired) electrons. The molecule has 17 aromatic rings. The molecular weight excluding hydrogens is 1080 g/mol. The Bertz CT molecular complexity index is 5920. The van der Waals surface area contributed by atoms with Gasteiger partial charge in [-0.15, -0.1) is 0 Å². The second-order valence-corrected chi connectivity index (χ2v) is 27.1. The van der Waals surface area contributed by atoms with Crippen LogP contribution in [-0.2, 0) is 16.2 Å². The molecular formula is C80H60N6O2. The molecule has 0 atom stereocenters. The van der Waals surface area contributed by atoms with Crippen LogP contribution in [0.1, 0.15) is 90.1 Å². The number of para-hydroxylation sites is 6. The molecule has 0 saturated carbocycles. The molecule has 0 N–H and O–H groups in total. The second kappa shape index (κ2) is 17.9. The first-order valence-electron chi connectivity index (χ1n) is 30.4. The van der Waals surface area contributed by atoms with Crippen molar-refractivity contribution in [3.05, 3.63) is 228 Å². The maximum atomic E-state index is 13.2. The SMILES string of the molecule is CC(C)(C)c1ccc2c(c1)c1ccc3c4ccccc4oc3c1n2-c1c(C#N)c(-n2c3ccccc3c3ccccc32)c(-n2c3ccc(C(C)(C)C)cc3c3cc(C(C)(C)C)c4c5ccccc5oc4c32)c(C#N)c1-n1c2ccccc2c2ccccc21. The van der Waals surface area contributed by atoms with Crippen LogP contribution in [0.25, 0.3) is 154 Å². The highest BCUT2D eigenvalue weighted by molar-refractivity contribution is 6.25. The van der Waals surface area contributed by atoms with Crippen LogP contribution in [0.5, 0.6) is 0 Å². The molecule has 8 heteroatoms. The molecule has 0 bridgehead atoms. The Morgan fingerprint density at radius 2 is 0.670 bits per heavy atom. The predicted octanol–water partition coefficient (Wildman–Crippen LogP) is 21.5. The van der Waals surface area contributed by atoms with Crippen molar-refractivity contribution in [2.75, 3.05) is 0 Å². The lowest BCUT2D eigenvalue weighted by atomic mass is 9.82. The molecule has 0 spiro atoms. The number of fused-ring (bicyclic) bond motifs is 20. The molecule has 11 aromatic carbocycles. The van der Waals surface area contributed by atoms with Gasteiger partial charge in [0.05, 0.1) is 66.9 Å². The lowest BCUT2D eigenvalue weighted by Gasteiger charge is -2.27. The summed E-state index contributed by atoms with van der Waals surface area (Å²) in [6.45, 7) is 20.3. The van der Waals surface area contributed by atoms with Crippen molar-refractivity contribution >= 4 is 131 Å². The molecule has 0 aliphatic carbocycles. The maximum Gasteiger partial charge on any atom is 0.160 e. The summed E-state index contributed by atoms with van der Waals surface area (Å²) in [5.74, 6) is 0. The molecule has 6 heterocycles. The van der Waals surface area contributed by atoms with Crippen molar-refractivity contribution in [2.45, 2.75) is 78.6 Å². The summed E-state index contributed by atoms with van der Waals surface area (Å²) < 4.78 is 23.7. The molecule has 0 saturated heterocycles. The van der Waals surface area contributed by atoms with E-state index >= 15 is 0 Å². The van der Waals surface area contributed by atoms with Crippen LogP contribution in [0.4, 0.5) is 0 Å². The van der Waals surface area contributed by atoms with E-state index < -0.39 is 0 Å². The van der Waals surface area contributed by atoms with Crippen molar-refractivity contribution in [1.29, 1.82) is 10.5 Å². The fraction of sp³-hybridized carbons (Fsp3) is 0.150. The Kier molecular flexibility index (Phi) is 10.5. The normalized spacial score (nSPS) is 12.8. The van der Waals surface area contributed by atoms with E-state index in [2.05, 4.69) is 275 Å². The van der Waals surface area contributed by atoms with Gasteiger partial charge in [-0.25, -0.2) is 0 Å². The summed E-state index contributed by atoms with van der Waals surface area (Å²) in [6.07, 6.45) is 0. The quantitative estimate of drug-likeness (QED) is 0.175. The average molecular weight is 1140 g/mol. The highest BCUT2D eigenvalue weighted by atomic mass is 16.3. The minimum absolute atomic E-state index is 0.202. The van der Waals surface area contributed by atoms with Crippen LogP contribution >= 0.6 is 0 Å². The summed E-state index contributed by atoms with van der Waals surface area (Å²) in [5, 5.41) is 38.5. The van der Waals surface area contributed by atoms with Gasteiger partial charge in [-0.05, 0) is 106 Å². The molecule has 0 unspecified atom stereocenters. The molecule has 0 aliphatic rings. The zero-order valence-corrected chi connectivity index (χ0v) is 50.6. The molecule has 88 heavy (non-hydrogen) atoms. The Morgan fingerprint density at radius 1 is 0.307 bits per heavy atom. The number of nitrogens with zero attached hydrogens (tertiary/aromatic N) is 6. The van der Waals surface area contributed by atoms with Crippen LogP contribution in [0.15, 0.2) is 209 Å². The average Bonchev–Trinajstić information content (AvgIpc) is 1.56. The van der Waals surface area contributed by atoms with Crippen molar-refractivity contribution in [1.82, 2.24) is 18.3 Å². The van der Waals surface area contributed by atoms with Gasteiger partial charge in [0, 0.05) is 64.6 Å². The first-order chi connectivity index (χ1) is 42.5. The Labute approximate surface area is 507 Å². The zero-order chi connectivity index (χ0) is 60.0. The third kappa shape index (κ3) is 6.94. The van der Waals surface area contributed by atoms with E-state index in [0.29, 0.717) is 45.0 Å².